The number of rotatable bonds is 2. The van der Waals surface area contributed by atoms with E-state index in [1.807, 2.05) is 6.07 Å². The van der Waals surface area contributed by atoms with E-state index in [4.69, 9.17) is 16.9 Å². The van der Waals surface area contributed by atoms with Gasteiger partial charge in [0.15, 0.2) is 5.65 Å². The Kier molecular flexibility index (Phi) is 4.40. The molecule has 0 saturated heterocycles. The molecule has 9 heteroatoms. The van der Waals surface area contributed by atoms with Gasteiger partial charge in [0, 0.05) is 16.7 Å². The molecule has 1 N–H and O–H groups in total. The normalized spacial score (nSPS) is 11.6. The number of aromatic nitrogens is 3. The van der Waals surface area contributed by atoms with Crippen LogP contribution in [0.15, 0.2) is 59.4 Å². The molecule has 2 heterocycles. The van der Waals surface area contributed by atoms with Crippen LogP contribution in [-0.4, -0.2) is 14.6 Å². The highest BCUT2D eigenvalue weighted by Crippen LogP contribution is 2.38. The zero-order valence-corrected chi connectivity index (χ0v) is 15.2. The van der Waals surface area contributed by atoms with Gasteiger partial charge in [-0.15, -0.1) is 0 Å². The van der Waals surface area contributed by atoms with Crippen LogP contribution in [0.2, 0.25) is 5.02 Å². The van der Waals surface area contributed by atoms with Crippen molar-refractivity contribution in [2.75, 3.05) is 0 Å². The molecule has 0 aliphatic carbocycles. The van der Waals surface area contributed by atoms with E-state index in [2.05, 4.69) is 10.1 Å². The van der Waals surface area contributed by atoms with E-state index < -0.39 is 17.4 Å². The number of fused-ring (bicyclic) bond motifs is 1. The Morgan fingerprint density at radius 3 is 2.24 bits per heavy atom. The second-order valence-corrected chi connectivity index (χ2v) is 6.63. The second-order valence-electron chi connectivity index (χ2n) is 6.19. The van der Waals surface area contributed by atoms with E-state index in [9.17, 15) is 18.0 Å². The Labute approximate surface area is 166 Å². The van der Waals surface area contributed by atoms with Crippen LogP contribution < -0.4 is 5.56 Å². The van der Waals surface area contributed by atoms with E-state index in [1.165, 1.54) is 36.4 Å². The molecule has 2 aromatic heterocycles. The number of benzene rings is 2. The highest BCUT2D eigenvalue weighted by Gasteiger charge is 2.38. The average Bonchev–Trinajstić information content (AvgIpc) is 3.09. The minimum Gasteiger partial charge on any atom is -0.284 e. The summed E-state index contributed by atoms with van der Waals surface area (Å²) in [5.74, 6) is 0. The summed E-state index contributed by atoms with van der Waals surface area (Å²) < 4.78 is 41.7. The summed E-state index contributed by atoms with van der Waals surface area (Å²) in [6.45, 7) is 0. The Hall–Kier alpha value is -3.57. The van der Waals surface area contributed by atoms with Gasteiger partial charge in [-0.1, -0.05) is 35.9 Å². The van der Waals surface area contributed by atoms with Gasteiger partial charge < -0.3 is 0 Å². The largest absolute Gasteiger partial charge is 0.433 e. The number of hydrogen-bond acceptors (Lipinski definition) is 3. The molecule has 0 bridgehead atoms. The van der Waals surface area contributed by atoms with E-state index in [0.717, 1.165) is 10.6 Å². The third-order valence-electron chi connectivity index (χ3n) is 4.34. The second kappa shape index (κ2) is 6.79. The van der Waals surface area contributed by atoms with Crippen LogP contribution in [0.25, 0.3) is 28.0 Å². The summed E-state index contributed by atoms with van der Waals surface area (Å²) in [5, 5.41) is 11.4. The summed E-state index contributed by atoms with van der Waals surface area (Å²) in [4.78, 5) is 16.8. The molecule has 2 aromatic carbocycles. The number of nitriles is 1. The smallest absolute Gasteiger partial charge is 0.284 e. The standard InChI is InChI=1S/C20H10ClF3N4O/c21-14-7-5-13(6-8-14)17-18(20(22,23)24)27-28-16(29)9-15(26-19(17)28)12-3-1-11(10-25)2-4-12/h1-9,27H. The molecular weight excluding hydrogens is 405 g/mol. The van der Waals surface area contributed by atoms with E-state index >= 15 is 0 Å². The van der Waals surface area contributed by atoms with Crippen LogP contribution >= 0.6 is 11.6 Å². The van der Waals surface area contributed by atoms with E-state index in [-0.39, 0.29) is 22.5 Å². The van der Waals surface area contributed by atoms with Gasteiger partial charge >= 0.3 is 6.18 Å². The first-order valence-corrected chi connectivity index (χ1v) is 8.65. The average molecular weight is 415 g/mol. The highest BCUT2D eigenvalue weighted by atomic mass is 35.5. The van der Waals surface area contributed by atoms with Crippen molar-refractivity contribution in [3.63, 3.8) is 0 Å². The first-order valence-electron chi connectivity index (χ1n) is 8.27. The summed E-state index contributed by atoms with van der Waals surface area (Å²) in [6.07, 6.45) is -4.73. The number of hydrogen-bond donors (Lipinski definition) is 1. The molecule has 29 heavy (non-hydrogen) atoms. The zero-order chi connectivity index (χ0) is 20.8. The molecule has 144 valence electrons. The molecule has 0 saturated carbocycles. The molecule has 0 aliphatic rings. The topological polar surface area (TPSA) is 73.9 Å². The van der Waals surface area contributed by atoms with Crippen molar-refractivity contribution in [1.29, 1.82) is 5.26 Å². The number of halogens is 4. The van der Waals surface area contributed by atoms with Crippen LogP contribution in [0, 0.1) is 11.3 Å². The van der Waals surface area contributed by atoms with Crippen molar-refractivity contribution < 1.29 is 13.2 Å². The SMILES string of the molecule is N#Cc1ccc(-c2cc(=O)n3[nH]c(C(F)(F)F)c(-c4ccc(Cl)cc4)c3n2)cc1. The molecule has 0 atom stereocenters. The van der Waals surface area contributed by atoms with Crippen molar-refractivity contribution in [3.8, 4) is 28.5 Å². The Balaban J connectivity index is 2.02. The van der Waals surface area contributed by atoms with Gasteiger partial charge in [-0.2, -0.15) is 18.4 Å². The van der Waals surface area contributed by atoms with Gasteiger partial charge in [0.2, 0.25) is 0 Å². The highest BCUT2D eigenvalue weighted by molar-refractivity contribution is 6.30. The number of H-pyrrole nitrogens is 1. The lowest BCUT2D eigenvalue weighted by Gasteiger charge is -2.07. The summed E-state index contributed by atoms with van der Waals surface area (Å²) in [7, 11) is 0. The molecule has 0 aliphatic heterocycles. The first-order chi connectivity index (χ1) is 13.8. The van der Waals surface area contributed by atoms with Gasteiger partial charge in [0.1, 0.15) is 5.69 Å². The lowest BCUT2D eigenvalue weighted by molar-refractivity contribution is -0.140. The fourth-order valence-corrected chi connectivity index (χ4v) is 3.12. The third kappa shape index (κ3) is 3.37. The Morgan fingerprint density at radius 1 is 1.03 bits per heavy atom. The molecule has 4 rings (SSSR count). The fraction of sp³-hybridized carbons (Fsp3) is 0.0500. The number of nitrogens with zero attached hydrogens (tertiary/aromatic N) is 3. The van der Waals surface area contributed by atoms with Crippen LogP contribution in [-0.2, 0) is 6.18 Å². The first kappa shape index (κ1) is 18.8. The lowest BCUT2D eigenvalue weighted by atomic mass is 10.1. The number of aromatic amines is 1. The third-order valence-corrected chi connectivity index (χ3v) is 4.59. The molecular formula is C20H10ClF3N4O. The van der Waals surface area contributed by atoms with Gasteiger partial charge in [-0.25, -0.2) is 9.50 Å². The van der Waals surface area contributed by atoms with Gasteiger partial charge in [-0.3, -0.25) is 9.89 Å². The number of alkyl halides is 3. The van der Waals surface area contributed by atoms with Crippen LogP contribution in [0.4, 0.5) is 13.2 Å². The molecule has 0 amide bonds. The van der Waals surface area contributed by atoms with Crippen LogP contribution in [0.5, 0.6) is 0 Å². The van der Waals surface area contributed by atoms with Crippen LogP contribution in [0.3, 0.4) is 0 Å². The maximum absolute atomic E-state index is 13.7. The van der Waals surface area contributed by atoms with Crippen molar-refractivity contribution in [1.82, 2.24) is 14.6 Å². The van der Waals surface area contributed by atoms with Crippen molar-refractivity contribution in [3.05, 3.63) is 81.2 Å². The monoisotopic (exact) mass is 414 g/mol. The molecule has 5 nitrogen and oxygen atoms in total. The van der Waals surface area contributed by atoms with Gasteiger partial charge in [-0.05, 0) is 29.8 Å². The molecule has 0 spiro atoms. The van der Waals surface area contributed by atoms with Crippen molar-refractivity contribution in [2.24, 2.45) is 0 Å². The predicted octanol–water partition coefficient (Wildman–Crippen LogP) is 4.90. The summed E-state index contributed by atoms with van der Waals surface area (Å²) in [6, 6.07) is 15.1. The van der Waals surface area contributed by atoms with Crippen molar-refractivity contribution in [2.45, 2.75) is 6.18 Å². The van der Waals surface area contributed by atoms with Gasteiger partial charge in [0.05, 0.1) is 22.9 Å². The molecule has 0 unspecified atom stereocenters. The maximum Gasteiger partial charge on any atom is 0.433 e. The summed E-state index contributed by atoms with van der Waals surface area (Å²) >= 11 is 5.85. The van der Waals surface area contributed by atoms with E-state index in [0.29, 0.717) is 16.1 Å². The molecule has 0 fully saturated rings. The Bertz CT molecular complexity index is 1310. The minimum atomic E-state index is -4.73. The zero-order valence-electron chi connectivity index (χ0n) is 14.5. The summed E-state index contributed by atoms with van der Waals surface area (Å²) in [5.41, 5.74) is -0.864. The fourth-order valence-electron chi connectivity index (χ4n) is 3.00. The molecule has 0 radical (unpaired) electrons. The molecule has 4 aromatic rings. The van der Waals surface area contributed by atoms with Crippen LogP contribution in [0.1, 0.15) is 11.3 Å². The maximum atomic E-state index is 13.7. The van der Waals surface area contributed by atoms with E-state index in [1.54, 1.807) is 12.1 Å². The lowest BCUT2D eigenvalue weighted by Crippen LogP contribution is -2.15. The van der Waals surface area contributed by atoms with Gasteiger partial charge in [0.25, 0.3) is 5.56 Å². The van der Waals surface area contributed by atoms with Crippen molar-refractivity contribution >= 4 is 17.2 Å². The minimum absolute atomic E-state index is 0.161. The number of nitrogens with one attached hydrogen (secondary N) is 1. The Morgan fingerprint density at radius 2 is 1.66 bits per heavy atom. The quantitative estimate of drug-likeness (QED) is 0.507. The predicted molar refractivity (Wildman–Crippen MR) is 101 cm³/mol.